The molecule has 1 rings (SSSR count). The van der Waals surface area contributed by atoms with Gasteiger partial charge in [-0.25, -0.2) is 0 Å². The van der Waals surface area contributed by atoms with Gasteiger partial charge in [0.05, 0.1) is 5.56 Å². The Hall–Kier alpha value is -0.789. The first-order valence-corrected chi connectivity index (χ1v) is 21.3. The summed E-state index contributed by atoms with van der Waals surface area (Å²) in [5.74, 6) is 0. The van der Waals surface area contributed by atoms with E-state index in [9.17, 15) is 26.3 Å². The SMILES string of the molecule is CCCCCCCCCCCC[Si](OCC)(OCC)OCC.CO[Si](CCC(F)(F)F)(OC)OC.FC(F)(F)c1ccc([SiH3])cc1. The smallest absolute Gasteiger partial charge is 0.377 e. The van der Waals surface area contributed by atoms with E-state index in [1.54, 1.807) is 0 Å². The molecule has 0 aliphatic carbocycles. The maximum Gasteiger partial charge on any atom is 0.500 e. The molecule has 1 aromatic rings. The topological polar surface area (TPSA) is 55.4 Å². The van der Waals surface area contributed by atoms with E-state index in [1.165, 1.54) is 97.7 Å². The van der Waals surface area contributed by atoms with Gasteiger partial charge >= 0.3 is 30.0 Å². The molecular formula is C31H60F6O6Si3. The Morgan fingerprint density at radius 2 is 0.957 bits per heavy atom. The fourth-order valence-electron chi connectivity index (χ4n) is 4.42. The van der Waals surface area contributed by atoms with E-state index in [2.05, 4.69) is 6.92 Å². The lowest BCUT2D eigenvalue weighted by Gasteiger charge is -2.28. The van der Waals surface area contributed by atoms with Crippen LogP contribution in [-0.4, -0.2) is 75.2 Å². The zero-order chi connectivity index (χ0) is 35.5. The molecule has 0 fully saturated rings. The van der Waals surface area contributed by atoms with Crippen LogP contribution < -0.4 is 5.19 Å². The average Bonchev–Trinajstić information content (AvgIpc) is 2.99. The summed E-state index contributed by atoms with van der Waals surface area (Å²) in [6, 6.07) is 5.97. The van der Waals surface area contributed by atoms with Crippen LogP contribution in [0, 0.1) is 0 Å². The lowest BCUT2D eigenvalue weighted by molar-refractivity contribution is -0.137. The third-order valence-corrected chi connectivity index (χ3v) is 13.5. The first kappa shape index (κ1) is 47.3. The predicted octanol–water partition coefficient (Wildman–Crippen LogP) is 8.47. The normalized spacial score (nSPS) is 12.4. The van der Waals surface area contributed by atoms with Gasteiger partial charge in [-0.15, -0.1) is 0 Å². The maximum absolute atomic E-state index is 11.9. The second kappa shape index (κ2) is 27.1. The molecule has 0 amide bonds. The molecule has 15 heteroatoms. The molecule has 0 unspecified atom stereocenters. The summed E-state index contributed by atoms with van der Waals surface area (Å²) in [6.07, 6.45) is 4.19. The molecule has 0 spiro atoms. The summed E-state index contributed by atoms with van der Waals surface area (Å²) in [4.78, 5) is 0. The second-order valence-corrected chi connectivity index (χ2v) is 17.7. The van der Waals surface area contributed by atoms with Gasteiger partial charge < -0.3 is 26.6 Å². The minimum Gasteiger partial charge on any atom is -0.377 e. The van der Waals surface area contributed by atoms with E-state index in [1.807, 2.05) is 20.8 Å². The van der Waals surface area contributed by atoms with Crippen LogP contribution in [0.4, 0.5) is 26.3 Å². The minimum atomic E-state index is -4.20. The van der Waals surface area contributed by atoms with Crippen molar-refractivity contribution in [2.75, 3.05) is 41.2 Å². The van der Waals surface area contributed by atoms with Crippen molar-refractivity contribution in [1.29, 1.82) is 0 Å². The van der Waals surface area contributed by atoms with Crippen LogP contribution in [0.15, 0.2) is 24.3 Å². The third-order valence-electron chi connectivity index (χ3n) is 6.96. The molecule has 6 nitrogen and oxygen atoms in total. The van der Waals surface area contributed by atoms with Gasteiger partial charge in [0.15, 0.2) is 0 Å². The van der Waals surface area contributed by atoms with Crippen molar-refractivity contribution in [2.45, 2.75) is 123 Å². The molecule has 1 aromatic carbocycles. The summed E-state index contributed by atoms with van der Waals surface area (Å²) in [5.41, 5.74) is -0.572. The lowest BCUT2D eigenvalue weighted by Crippen LogP contribution is -2.45. The number of hydrogen-bond donors (Lipinski definition) is 0. The Morgan fingerprint density at radius 3 is 1.28 bits per heavy atom. The highest BCUT2D eigenvalue weighted by Gasteiger charge is 2.42. The molecule has 0 radical (unpaired) electrons. The largest absolute Gasteiger partial charge is 0.500 e. The number of unbranched alkanes of at least 4 members (excludes halogenated alkanes) is 9. The Balaban J connectivity index is 0. The van der Waals surface area contributed by atoms with Gasteiger partial charge in [-0.2, -0.15) is 26.3 Å². The van der Waals surface area contributed by atoms with Crippen molar-refractivity contribution in [3.8, 4) is 0 Å². The summed E-state index contributed by atoms with van der Waals surface area (Å²) in [7, 11) is -0.780. The van der Waals surface area contributed by atoms with Gasteiger partial charge in [0, 0.05) is 69.9 Å². The lowest BCUT2D eigenvalue weighted by atomic mass is 10.1. The van der Waals surface area contributed by atoms with Gasteiger partial charge in [-0.05, 0) is 27.2 Å². The van der Waals surface area contributed by atoms with E-state index >= 15 is 0 Å². The fourth-order valence-corrected chi connectivity index (χ4v) is 9.14. The van der Waals surface area contributed by atoms with Crippen molar-refractivity contribution in [2.24, 2.45) is 0 Å². The van der Waals surface area contributed by atoms with Crippen LogP contribution in [-0.2, 0) is 32.7 Å². The molecule has 274 valence electrons. The predicted molar refractivity (Wildman–Crippen MR) is 181 cm³/mol. The maximum atomic E-state index is 11.9. The molecule has 0 aliphatic rings. The summed E-state index contributed by atoms with van der Waals surface area (Å²) >= 11 is 0. The number of rotatable bonds is 22. The van der Waals surface area contributed by atoms with E-state index in [4.69, 9.17) is 26.6 Å². The van der Waals surface area contributed by atoms with Crippen molar-refractivity contribution in [3.63, 3.8) is 0 Å². The third kappa shape index (κ3) is 24.4. The fraction of sp³-hybridized carbons (Fsp3) is 0.806. The molecule has 0 aromatic heterocycles. The van der Waals surface area contributed by atoms with E-state index in [0.717, 1.165) is 33.6 Å². The summed E-state index contributed by atoms with van der Waals surface area (Å²) in [5, 5.41) is 0.970. The van der Waals surface area contributed by atoms with Crippen molar-refractivity contribution in [1.82, 2.24) is 0 Å². The molecule has 0 saturated heterocycles. The monoisotopic (exact) mass is 726 g/mol. The molecule has 0 heterocycles. The van der Waals surface area contributed by atoms with Gasteiger partial charge in [0.2, 0.25) is 0 Å². The van der Waals surface area contributed by atoms with Gasteiger partial charge in [0.25, 0.3) is 0 Å². The Morgan fingerprint density at radius 1 is 0.565 bits per heavy atom. The highest BCUT2D eigenvalue weighted by Crippen LogP contribution is 2.28. The number of benzene rings is 1. The van der Waals surface area contributed by atoms with Crippen LogP contribution in [0.25, 0.3) is 0 Å². The minimum absolute atomic E-state index is 0.250. The van der Waals surface area contributed by atoms with Crippen LogP contribution in [0.5, 0.6) is 0 Å². The van der Waals surface area contributed by atoms with Gasteiger partial charge in [0.1, 0.15) is 0 Å². The van der Waals surface area contributed by atoms with Crippen molar-refractivity contribution < 1.29 is 52.9 Å². The Labute approximate surface area is 279 Å². The quantitative estimate of drug-likeness (QED) is 0.0679. The number of alkyl halides is 6. The highest BCUT2D eigenvalue weighted by molar-refractivity contribution is 6.61. The van der Waals surface area contributed by atoms with Gasteiger partial charge in [-0.3, -0.25) is 0 Å². The second-order valence-electron chi connectivity index (χ2n) is 10.7. The van der Waals surface area contributed by atoms with Crippen molar-refractivity contribution in [3.05, 3.63) is 29.8 Å². The standard InChI is InChI=1S/C18H40O3Si.C7H7F3Si.C6H13F3O3Si/c1-5-9-10-11-12-13-14-15-16-17-18-22(19-6-2,20-7-3)21-8-4;8-7(9,10)5-1-3-6(11)4-2-5;1-10-13(11-2,12-3)5-4-6(7,8)9/h5-18H2,1-4H3;1-4H,11H3;4-5H2,1-3H3. The molecule has 0 bridgehead atoms. The first-order chi connectivity index (χ1) is 21.6. The van der Waals surface area contributed by atoms with Crippen molar-refractivity contribution >= 4 is 33.0 Å². The van der Waals surface area contributed by atoms with Crippen LogP contribution in [0.3, 0.4) is 0 Å². The molecular weight excluding hydrogens is 667 g/mol. The molecule has 0 N–H and O–H groups in total. The first-order valence-electron chi connectivity index (χ1n) is 16.4. The van der Waals surface area contributed by atoms with Gasteiger partial charge in [-0.1, -0.05) is 94.2 Å². The Kier molecular flexibility index (Phi) is 27.9. The number of halogens is 6. The average molecular weight is 727 g/mol. The highest BCUT2D eigenvalue weighted by atomic mass is 28.4. The van der Waals surface area contributed by atoms with Crippen LogP contribution in [0.2, 0.25) is 12.1 Å². The molecule has 46 heavy (non-hydrogen) atoms. The number of hydrogen-bond acceptors (Lipinski definition) is 6. The molecule has 0 saturated carbocycles. The Bertz CT molecular complexity index is 803. The van der Waals surface area contributed by atoms with Crippen LogP contribution >= 0.6 is 0 Å². The molecule has 0 aliphatic heterocycles. The van der Waals surface area contributed by atoms with E-state index < -0.39 is 41.9 Å². The van der Waals surface area contributed by atoms with E-state index in [0.29, 0.717) is 19.8 Å². The zero-order valence-electron chi connectivity index (χ0n) is 29.3. The zero-order valence-corrected chi connectivity index (χ0v) is 33.3. The van der Waals surface area contributed by atoms with Crippen LogP contribution in [0.1, 0.15) is 104 Å². The summed E-state index contributed by atoms with van der Waals surface area (Å²) < 4.78 is 103. The van der Waals surface area contributed by atoms with E-state index in [-0.39, 0.29) is 6.04 Å². The molecule has 0 atom stereocenters. The summed E-state index contributed by atoms with van der Waals surface area (Å²) in [6.45, 7) is 10.4.